The predicted octanol–water partition coefficient (Wildman–Crippen LogP) is 5.23. The quantitative estimate of drug-likeness (QED) is 0.405. The number of anilines is 1. The maximum absolute atomic E-state index is 13.4. The van der Waals surface area contributed by atoms with Crippen molar-refractivity contribution in [2.45, 2.75) is 25.7 Å². The molecule has 1 amide bonds. The van der Waals surface area contributed by atoms with Gasteiger partial charge in [0.1, 0.15) is 0 Å². The fraction of sp³-hybridized carbons (Fsp3) is 0.192. The molecule has 0 unspecified atom stereocenters. The molecule has 0 aromatic heterocycles. The fourth-order valence-corrected chi connectivity index (χ4v) is 4.56. The average molecular weight is 466 g/mol. The number of rotatable bonds is 9. The minimum absolute atomic E-state index is 0.0402. The zero-order valence-electron chi connectivity index (χ0n) is 18.9. The average Bonchev–Trinajstić information content (AvgIpc) is 2.80. The number of aryl methyl sites for hydroxylation is 1. The normalized spacial score (nSPS) is 11.4. The second kappa shape index (κ2) is 10.8. The fourth-order valence-electron chi connectivity index (χ4n) is 3.17. The standard InChI is InChI=1S/C26H27NO5S/c1-4-31-24-17-13-21(19-25(24)32-5-2)14-18-26(28)27(22-9-7-6-8-10-22)33(29,30)23-15-11-20(3)12-16-23/h6-19H,4-5H2,1-3H3/b18-14+. The van der Waals surface area contributed by atoms with Gasteiger partial charge >= 0.3 is 0 Å². The van der Waals surface area contributed by atoms with Crippen LogP contribution in [0.3, 0.4) is 0 Å². The van der Waals surface area contributed by atoms with Crippen LogP contribution in [0, 0.1) is 6.92 Å². The maximum atomic E-state index is 13.4. The molecular weight excluding hydrogens is 438 g/mol. The van der Waals surface area contributed by atoms with Crippen LogP contribution in [-0.2, 0) is 14.8 Å². The number of hydrogen-bond donors (Lipinski definition) is 0. The first-order valence-corrected chi connectivity index (χ1v) is 12.1. The molecule has 6 nitrogen and oxygen atoms in total. The molecule has 0 N–H and O–H groups in total. The molecule has 0 bridgehead atoms. The van der Waals surface area contributed by atoms with Gasteiger partial charge in [-0.05, 0) is 68.8 Å². The number of ether oxygens (including phenoxy) is 2. The van der Waals surface area contributed by atoms with Gasteiger partial charge in [0.25, 0.3) is 15.9 Å². The first-order valence-electron chi connectivity index (χ1n) is 10.7. The first kappa shape index (κ1) is 24.1. The summed E-state index contributed by atoms with van der Waals surface area (Å²) in [4.78, 5) is 13.2. The van der Waals surface area contributed by atoms with E-state index in [2.05, 4.69) is 0 Å². The molecule has 0 aliphatic carbocycles. The Balaban J connectivity index is 1.97. The number of amides is 1. The summed E-state index contributed by atoms with van der Waals surface area (Å²) >= 11 is 0. The number of sulfonamides is 1. The molecule has 3 aromatic carbocycles. The van der Waals surface area contributed by atoms with Crippen molar-refractivity contribution in [3.63, 3.8) is 0 Å². The van der Waals surface area contributed by atoms with Crippen LogP contribution in [0.5, 0.6) is 11.5 Å². The molecule has 3 aromatic rings. The number of hydrogen-bond acceptors (Lipinski definition) is 5. The lowest BCUT2D eigenvalue weighted by Gasteiger charge is -2.21. The highest BCUT2D eigenvalue weighted by Crippen LogP contribution is 2.29. The lowest BCUT2D eigenvalue weighted by Crippen LogP contribution is -2.35. The van der Waals surface area contributed by atoms with E-state index in [9.17, 15) is 13.2 Å². The van der Waals surface area contributed by atoms with Crippen LogP contribution in [0.4, 0.5) is 5.69 Å². The Hall–Kier alpha value is -3.58. The topological polar surface area (TPSA) is 72.9 Å². The second-order valence-corrected chi connectivity index (χ2v) is 8.95. The van der Waals surface area contributed by atoms with E-state index < -0.39 is 15.9 Å². The van der Waals surface area contributed by atoms with Gasteiger partial charge in [0.15, 0.2) is 11.5 Å². The first-order chi connectivity index (χ1) is 15.9. The van der Waals surface area contributed by atoms with Crippen molar-refractivity contribution in [3.05, 3.63) is 90.0 Å². The van der Waals surface area contributed by atoms with Crippen molar-refractivity contribution in [1.82, 2.24) is 0 Å². The summed E-state index contributed by atoms with van der Waals surface area (Å²) in [7, 11) is -4.12. The van der Waals surface area contributed by atoms with E-state index in [1.165, 1.54) is 18.2 Å². The number of carbonyl (C=O) groups excluding carboxylic acids is 1. The van der Waals surface area contributed by atoms with Gasteiger partial charge in [-0.15, -0.1) is 0 Å². The van der Waals surface area contributed by atoms with Crippen molar-refractivity contribution in [2.75, 3.05) is 17.5 Å². The molecule has 0 radical (unpaired) electrons. The third-order valence-corrected chi connectivity index (χ3v) is 6.48. The maximum Gasteiger partial charge on any atom is 0.271 e. The van der Waals surface area contributed by atoms with Gasteiger partial charge in [0.2, 0.25) is 0 Å². The molecule has 0 saturated carbocycles. The van der Waals surface area contributed by atoms with Crippen molar-refractivity contribution < 1.29 is 22.7 Å². The van der Waals surface area contributed by atoms with E-state index in [-0.39, 0.29) is 10.6 Å². The molecule has 0 spiro atoms. The lowest BCUT2D eigenvalue weighted by molar-refractivity contribution is -0.113. The summed E-state index contributed by atoms with van der Waals surface area (Å²) in [6, 6.07) is 20.0. The molecule has 7 heteroatoms. The molecule has 33 heavy (non-hydrogen) atoms. The third-order valence-electron chi connectivity index (χ3n) is 4.74. The van der Waals surface area contributed by atoms with Gasteiger partial charge in [0.05, 0.1) is 23.8 Å². The summed E-state index contributed by atoms with van der Waals surface area (Å²) in [6.07, 6.45) is 2.80. The predicted molar refractivity (Wildman–Crippen MR) is 130 cm³/mol. The second-order valence-electron chi connectivity index (χ2n) is 7.16. The van der Waals surface area contributed by atoms with Crippen LogP contribution < -0.4 is 13.8 Å². The number of benzene rings is 3. The van der Waals surface area contributed by atoms with Crippen LogP contribution in [0.15, 0.2) is 83.8 Å². The Labute approximate surface area is 195 Å². The van der Waals surface area contributed by atoms with Gasteiger partial charge < -0.3 is 9.47 Å². The highest BCUT2D eigenvalue weighted by Gasteiger charge is 2.29. The van der Waals surface area contributed by atoms with Gasteiger partial charge in [-0.2, -0.15) is 4.31 Å². The molecule has 0 aliphatic rings. The highest BCUT2D eigenvalue weighted by atomic mass is 32.2. The minimum Gasteiger partial charge on any atom is -0.490 e. The highest BCUT2D eigenvalue weighted by molar-refractivity contribution is 7.93. The number of carbonyl (C=O) groups is 1. The number of nitrogens with zero attached hydrogens (tertiary/aromatic N) is 1. The van der Waals surface area contributed by atoms with E-state index in [1.54, 1.807) is 66.7 Å². The van der Waals surface area contributed by atoms with E-state index in [0.717, 1.165) is 9.87 Å². The number of para-hydroxylation sites is 1. The van der Waals surface area contributed by atoms with Gasteiger partial charge in [-0.1, -0.05) is 42.0 Å². The van der Waals surface area contributed by atoms with E-state index in [1.807, 2.05) is 20.8 Å². The van der Waals surface area contributed by atoms with Crippen molar-refractivity contribution >= 4 is 27.7 Å². The molecule has 0 saturated heterocycles. The summed E-state index contributed by atoms with van der Waals surface area (Å²) in [5.74, 6) is 0.477. The zero-order valence-corrected chi connectivity index (χ0v) is 19.7. The Morgan fingerprint density at radius 2 is 1.52 bits per heavy atom. The molecule has 0 aliphatic heterocycles. The van der Waals surface area contributed by atoms with Crippen molar-refractivity contribution in [1.29, 1.82) is 0 Å². The summed E-state index contributed by atoms with van der Waals surface area (Å²) in [5.41, 5.74) is 1.86. The van der Waals surface area contributed by atoms with Gasteiger partial charge in [-0.3, -0.25) is 4.79 Å². The Morgan fingerprint density at radius 3 is 2.15 bits per heavy atom. The van der Waals surface area contributed by atoms with Gasteiger partial charge in [0, 0.05) is 6.08 Å². The Morgan fingerprint density at radius 1 is 0.879 bits per heavy atom. The van der Waals surface area contributed by atoms with Crippen molar-refractivity contribution in [3.8, 4) is 11.5 Å². The van der Waals surface area contributed by atoms with Crippen molar-refractivity contribution in [2.24, 2.45) is 0 Å². The molecule has 3 rings (SSSR count). The Bertz CT molecular complexity index is 1220. The molecule has 0 atom stereocenters. The van der Waals surface area contributed by atoms with Crippen LogP contribution in [-0.4, -0.2) is 27.5 Å². The molecule has 0 heterocycles. The van der Waals surface area contributed by atoms with Crippen LogP contribution >= 0.6 is 0 Å². The summed E-state index contributed by atoms with van der Waals surface area (Å²) < 4.78 is 38.8. The Kier molecular flexibility index (Phi) is 7.90. The smallest absolute Gasteiger partial charge is 0.271 e. The minimum atomic E-state index is -4.12. The zero-order chi connectivity index (χ0) is 23.8. The monoisotopic (exact) mass is 465 g/mol. The van der Waals surface area contributed by atoms with Crippen LogP contribution in [0.2, 0.25) is 0 Å². The van der Waals surface area contributed by atoms with E-state index in [4.69, 9.17) is 9.47 Å². The van der Waals surface area contributed by atoms with Crippen LogP contribution in [0.25, 0.3) is 6.08 Å². The molecular formula is C26H27NO5S. The van der Waals surface area contributed by atoms with Gasteiger partial charge in [-0.25, -0.2) is 8.42 Å². The third kappa shape index (κ3) is 5.81. The SMILES string of the molecule is CCOc1ccc(/C=C/C(=O)N(c2ccccc2)S(=O)(=O)c2ccc(C)cc2)cc1OCC. The largest absolute Gasteiger partial charge is 0.490 e. The van der Waals surface area contributed by atoms with E-state index in [0.29, 0.717) is 30.3 Å². The van der Waals surface area contributed by atoms with Crippen LogP contribution in [0.1, 0.15) is 25.0 Å². The summed E-state index contributed by atoms with van der Waals surface area (Å²) in [6.45, 7) is 6.58. The molecule has 172 valence electrons. The van der Waals surface area contributed by atoms with E-state index >= 15 is 0 Å². The lowest BCUT2D eigenvalue weighted by atomic mass is 10.2. The molecule has 0 fully saturated rings. The summed E-state index contributed by atoms with van der Waals surface area (Å²) in [5, 5.41) is 0.